The molecule has 4 fully saturated rings. The van der Waals surface area contributed by atoms with Gasteiger partial charge in [0, 0.05) is 11.8 Å². The van der Waals surface area contributed by atoms with Crippen molar-refractivity contribution in [3.05, 3.63) is 11.1 Å². The zero-order valence-electron chi connectivity index (χ0n) is 26.4. The first-order chi connectivity index (χ1) is 17.9. The fourth-order valence-corrected chi connectivity index (χ4v) is 11.5. The summed E-state index contributed by atoms with van der Waals surface area (Å²) in [5.41, 5.74) is 1.41. The van der Waals surface area contributed by atoms with Crippen molar-refractivity contribution < 1.29 is 19.4 Å². The van der Waals surface area contributed by atoms with E-state index < -0.39 is 17.2 Å². The maximum atomic E-state index is 13.3. The number of Topliss-reactive ketones (excluding diaryl/α,β-unsaturated/α-hetero) is 1. The highest BCUT2D eigenvalue weighted by Gasteiger charge is 2.71. The van der Waals surface area contributed by atoms with Gasteiger partial charge >= 0.3 is 6.09 Å². The van der Waals surface area contributed by atoms with Crippen LogP contribution in [0.15, 0.2) is 11.1 Å². The molecule has 8 atom stereocenters. The summed E-state index contributed by atoms with van der Waals surface area (Å²) in [5, 5.41) is 14.8. The average molecular weight is 542 g/mol. The number of carbonyl (C=O) groups is 2. The lowest BCUT2D eigenvalue weighted by atomic mass is 9.32. The van der Waals surface area contributed by atoms with Gasteiger partial charge in [0.1, 0.15) is 5.72 Å². The SMILES string of the molecule is CC(C)OC(=O)N[C@]1(O)CC[C@]2(C)[C@H]3CC[C@@H]4C5=C(C(C)C)C(=O)C[C@]5(C)CC[C@@]4(C)[C@]3(C)CC[C@H]2C1(C)C. The summed E-state index contributed by atoms with van der Waals surface area (Å²) < 4.78 is 5.38. The quantitative estimate of drug-likeness (QED) is 0.357. The minimum atomic E-state index is -1.29. The Bertz CT molecular complexity index is 1090. The van der Waals surface area contributed by atoms with Crippen LogP contribution in [-0.4, -0.2) is 28.8 Å². The van der Waals surface area contributed by atoms with E-state index in [-0.39, 0.29) is 27.8 Å². The zero-order valence-corrected chi connectivity index (χ0v) is 26.4. The summed E-state index contributed by atoms with van der Waals surface area (Å²) in [5.74, 6) is 2.05. The van der Waals surface area contributed by atoms with Gasteiger partial charge in [0.15, 0.2) is 5.78 Å². The van der Waals surface area contributed by atoms with Crippen LogP contribution in [0.3, 0.4) is 0 Å². The maximum Gasteiger partial charge on any atom is 0.409 e. The van der Waals surface area contributed by atoms with Crippen LogP contribution >= 0.6 is 0 Å². The van der Waals surface area contributed by atoms with Gasteiger partial charge in [-0.25, -0.2) is 4.79 Å². The smallest absolute Gasteiger partial charge is 0.409 e. The molecule has 0 heterocycles. The molecule has 5 aliphatic carbocycles. The summed E-state index contributed by atoms with van der Waals surface area (Å²) in [6.07, 6.45) is 8.24. The molecule has 0 saturated heterocycles. The molecule has 0 radical (unpaired) electrons. The predicted molar refractivity (Wildman–Crippen MR) is 155 cm³/mol. The molecule has 5 nitrogen and oxygen atoms in total. The number of ether oxygens (including phenoxy) is 1. The minimum Gasteiger partial charge on any atom is -0.447 e. The molecule has 0 aromatic rings. The van der Waals surface area contributed by atoms with Crippen LogP contribution < -0.4 is 5.32 Å². The Hall–Kier alpha value is -1.36. The lowest BCUT2D eigenvalue weighted by Gasteiger charge is -2.72. The van der Waals surface area contributed by atoms with Crippen molar-refractivity contribution in [2.24, 2.45) is 50.7 Å². The minimum absolute atomic E-state index is 0.0464. The van der Waals surface area contributed by atoms with Crippen molar-refractivity contribution in [3.8, 4) is 0 Å². The molecular weight excluding hydrogens is 486 g/mol. The van der Waals surface area contributed by atoms with Crippen LogP contribution in [-0.2, 0) is 9.53 Å². The van der Waals surface area contributed by atoms with E-state index in [9.17, 15) is 14.7 Å². The molecule has 4 saturated carbocycles. The van der Waals surface area contributed by atoms with Crippen molar-refractivity contribution >= 4 is 11.9 Å². The highest BCUT2D eigenvalue weighted by molar-refractivity contribution is 6.00. The first-order valence-corrected chi connectivity index (χ1v) is 15.9. The van der Waals surface area contributed by atoms with Gasteiger partial charge in [-0.3, -0.25) is 10.1 Å². The summed E-state index contributed by atoms with van der Waals surface area (Å²) >= 11 is 0. The lowest BCUT2D eigenvalue weighted by Crippen LogP contribution is -2.71. The molecule has 0 aliphatic heterocycles. The van der Waals surface area contributed by atoms with Gasteiger partial charge in [-0.05, 0) is 116 Å². The van der Waals surface area contributed by atoms with E-state index in [0.29, 0.717) is 42.3 Å². The second-order valence-corrected chi connectivity index (χ2v) is 16.4. The van der Waals surface area contributed by atoms with Gasteiger partial charge in [0.25, 0.3) is 0 Å². The number of aliphatic hydroxyl groups is 1. The molecule has 0 aromatic carbocycles. The fraction of sp³-hybridized carbons (Fsp3) is 0.882. The zero-order chi connectivity index (χ0) is 29.0. The van der Waals surface area contributed by atoms with Crippen LogP contribution in [0.25, 0.3) is 0 Å². The second kappa shape index (κ2) is 8.82. The van der Waals surface area contributed by atoms with Crippen LogP contribution in [0.5, 0.6) is 0 Å². The number of alkyl carbamates (subject to hydrolysis) is 1. The topological polar surface area (TPSA) is 75.6 Å². The van der Waals surface area contributed by atoms with Crippen molar-refractivity contribution in [2.75, 3.05) is 0 Å². The Morgan fingerprint density at radius 3 is 2.15 bits per heavy atom. The second-order valence-electron chi connectivity index (χ2n) is 16.4. The number of hydrogen-bond acceptors (Lipinski definition) is 4. The van der Waals surface area contributed by atoms with Gasteiger partial charge in [-0.15, -0.1) is 0 Å². The van der Waals surface area contributed by atoms with Crippen LogP contribution in [0, 0.1) is 50.7 Å². The number of nitrogens with one attached hydrogen (secondary N) is 1. The van der Waals surface area contributed by atoms with E-state index >= 15 is 0 Å². The monoisotopic (exact) mass is 541 g/mol. The summed E-state index contributed by atoms with van der Waals surface area (Å²) in [6.45, 7) is 22.5. The molecule has 0 spiro atoms. The third-order valence-corrected chi connectivity index (χ3v) is 13.7. The number of carbonyl (C=O) groups excluding carboxylic acids is 2. The van der Waals surface area contributed by atoms with Gasteiger partial charge < -0.3 is 9.84 Å². The fourth-order valence-electron chi connectivity index (χ4n) is 11.5. The van der Waals surface area contributed by atoms with Crippen molar-refractivity contribution in [1.82, 2.24) is 5.32 Å². The number of amides is 1. The van der Waals surface area contributed by atoms with Crippen LogP contribution in [0.1, 0.15) is 127 Å². The number of hydrogen-bond donors (Lipinski definition) is 2. The van der Waals surface area contributed by atoms with E-state index in [4.69, 9.17) is 4.74 Å². The van der Waals surface area contributed by atoms with Crippen LogP contribution in [0.4, 0.5) is 4.79 Å². The molecule has 1 amide bonds. The molecule has 0 bridgehead atoms. The number of fused-ring (bicyclic) bond motifs is 7. The molecule has 5 rings (SSSR count). The molecule has 220 valence electrons. The van der Waals surface area contributed by atoms with Crippen molar-refractivity contribution in [2.45, 2.75) is 139 Å². The Morgan fingerprint density at radius 1 is 0.872 bits per heavy atom. The summed E-state index contributed by atoms with van der Waals surface area (Å²) in [6, 6.07) is 0. The highest BCUT2D eigenvalue weighted by Crippen LogP contribution is 2.77. The van der Waals surface area contributed by atoms with Gasteiger partial charge in [0.05, 0.1) is 6.10 Å². The molecule has 0 aromatic heterocycles. The Balaban J connectivity index is 1.50. The van der Waals surface area contributed by atoms with Crippen molar-refractivity contribution in [3.63, 3.8) is 0 Å². The highest BCUT2D eigenvalue weighted by atomic mass is 16.6. The number of allylic oxidation sites excluding steroid dienone is 2. The molecule has 5 aliphatic rings. The van der Waals surface area contributed by atoms with Crippen molar-refractivity contribution in [1.29, 1.82) is 0 Å². The largest absolute Gasteiger partial charge is 0.447 e. The van der Waals surface area contributed by atoms with E-state index in [1.807, 2.05) is 13.8 Å². The number of ketones is 1. The molecule has 39 heavy (non-hydrogen) atoms. The standard InChI is InChI=1S/C34H55NO4/c1-20(2)26-23(36)19-30(7)15-17-32(9)22(27(26)30)11-12-25-31(8)16-18-34(38,35-28(37)39-21(3)4)29(5,6)24(31)13-14-33(25,32)10/h20-22,24-25,38H,11-19H2,1-10H3,(H,35,37)/t22-,24+,25-,30+,31+,32-,33-,34+/m1/s1. The maximum absolute atomic E-state index is 13.3. The van der Waals surface area contributed by atoms with E-state index in [1.54, 1.807) is 0 Å². The molecule has 0 unspecified atom stereocenters. The van der Waals surface area contributed by atoms with E-state index in [2.05, 4.69) is 60.7 Å². The van der Waals surface area contributed by atoms with Gasteiger partial charge in [-0.1, -0.05) is 61.0 Å². The lowest BCUT2D eigenvalue weighted by molar-refractivity contribution is -0.256. The van der Waals surface area contributed by atoms with E-state index in [1.165, 1.54) is 24.0 Å². The normalized spacial score (nSPS) is 46.9. The van der Waals surface area contributed by atoms with Crippen LogP contribution in [0.2, 0.25) is 0 Å². The summed E-state index contributed by atoms with van der Waals surface area (Å²) in [7, 11) is 0. The first kappa shape index (κ1) is 29.1. The Kier molecular flexibility index (Phi) is 6.59. The summed E-state index contributed by atoms with van der Waals surface area (Å²) in [4.78, 5) is 25.9. The molecular formula is C34H55NO4. The predicted octanol–water partition coefficient (Wildman–Crippen LogP) is 7.81. The van der Waals surface area contributed by atoms with E-state index in [0.717, 1.165) is 32.1 Å². The number of rotatable bonds is 3. The van der Waals surface area contributed by atoms with Gasteiger partial charge in [0.2, 0.25) is 0 Å². The first-order valence-electron chi connectivity index (χ1n) is 15.9. The Morgan fingerprint density at radius 2 is 1.54 bits per heavy atom. The average Bonchev–Trinajstić information content (AvgIpc) is 3.07. The molecule has 2 N–H and O–H groups in total. The molecule has 5 heteroatoms. The third kappa shape index (κ3) is 3.79. The third-order valence-electron chi connectivity index (χ3n) is 13.7. The van der Waals surface area contributed by atoms with Gasteiger partial charge in [-0.2, -0.15) is 0 Å². The Labute approximate surface area is 237 Å².